The first-order valence-corrected chi connectivity index (χ1v) is 6.57. The van der Waals surface area contributed by atoms with Crippen LogP contribution in [0.4, 0.5) is 0 Å². The van der Waals surface area contributed by atoms with Gasteiger partial charge in [0.2, 0.25) is 0 Å². The van der Waals surface area contributed by atoms with Gasteiger partial charge in [-0.05, 0) is 37.7 Å². The lowest BCUT2D eigenvalue weighted by molar-refractivity contribution is 0.632. The number of allylic oxidation sites excluding steroid dienone is 4. The summed E-state index contributed by atoms with van der Waals surface area (Å²) in [5.74, 6) is 0.768. The van der Waals surface area contributed by atoms with E-state index in [1.54, 1.807) is 11.1 Å². The van der Waals surface area contributed by atoms with Gasteiger partial charge in [-0.2, -0.15) is 0 Å². The number of hydrogen-bond donors (Lipinski definition) is 0. The number of hydrogen-bond acceptors (Lipinski definition) is 0. The average molecular weight is 226 g/mol. The van der Waals surface area contributed by atoms with Crippen molar-refractivity contribution < 1.29 is 0 Å². The average Bonchev–Trinajstić information content (AvgIpc) is 2.59. The molecule has 0 saturated heterocycles. The third-order valence-corrected chi connectivity index (χ3v) is 3.35. The molecule has 0 fully saturated rings. The fourth-order valence-corrected chi connectivity index (χ4v) is 2.57. The topological polar surface area (TPSA) is 0 Å². The molecule has 0 aliphatic heterocycles. The predicted octanol–water partition coefficient (Wildman–Crippen LogP) is 4.92. The first-order chi connectivity index (χ1) is 8.15. The van der Waals surface area contributed by atoms with Gasteiger partial charge in [0.25, 0.3) is 0 Å². The zero-order chi connectivity index (χ0) is 12.3. The molecule has 0 nitrogen and oxygen atoms in total. The minimum atomic E-state index is 0.768. The Bertz CT molecular complexity index is 432. The zero-order valence-corrected chi connectivity index (χ0v) is 11.2. The van der Waals surface area contributed by atoms with Crippen molar-refractivity contribution in [1.82, 2.24) is 0 Å². The van der Waals surface area contributed by atoms with Gasteiger partial charge in [0, 0.05) is 0 Å². The number of benzene rings is 1. The first kappa shape index (κ1) is 12.2. The van der Waals surface area contributed by atoms with Crippen LogP contribution in [0.5, 0.6) is 0 Å². The van der Waals surface area contributed by atoms with Gasteiger partial charge >= 0.3 is 0 Å². The second-order valence-electron chi connectivity index (χ2n) is 5.53. The van der Waals surface area contributed by atoms with Crippen LogP contribution in [0.15, 0.2) is 53.1 Å². The van der Waals surface area contributed by atoms with Gasteiger partial charge in [0.1, 0.15) is 0 Å². The van der Waals surface area contributed by atoms with E-state index in [9.17, 15) is 0 Å². The monoisotopic (exact) mass is 226 g/mol. The molecule has 0 bridgehead atoms. The van der Waals surface area contributed by atoms with E-state index in [0.717, 1.165) is 12.3 Å². The molecular formula is C17H22. The van der Waals surface area contributed by atoms with Crippen molar-refractivity contribution in [3.8, 4) is 0 Å². The molecule has 0 heterocycles. The second-order valence-corrected chi connectivity index (χ2v) is 5.53. The van der Waals surface area contributed by atoms with Gasteiger partial charge in [-0.1, -0.05) is 67.0 Å². The molecule has 90 valence electrons. The molecule has 1 aliphatic rings. The summed E-state index contributed by atoms with van der Waals surface area (Å²) < 4.78 is 0. The van der Waals surface area contributed by atoms with Crippen molar-refractivity contribution in [2.75, 3.05) is 0 Å². The molecule has 1 aliphatic carbocycles. The van der Waals surface area contributed by atoms with Crippen molar-refractivity contribution in [3.63, 3.8) is 0 Å². The summed E-state index contributed by atoms with van der Waals surface area (Å²) in [6, 6.07) is 10.8. The van der Waals surface area contributed by atoms with E-state index < -0.39 is 0 Å². The van der Waals surface area contributed by atoms with Crippen molar-refractivity contribution in [3.05, 3.63) is 58.7 Å². The maximum atomic E-state index is 2.39. The van der Waals surface area contributed by atoms with Crippen LogP contribution in [0.2, 0.25) is 0 Å². The van der Waals surface area contributed by atoms with Crippen molar-refractivity contribution in [2.24, 2.45) is 5.92 Å². The summed E-state index contributed by atoms with van der Waals surface area (Å²) in [5.41, 5.74) is 6.15. The Morgan fingerprint density at radius 2 is 1.82 bits per heavy atom. The lowest BCUT2D eigenvalue weighted by Crippen LogP contribution is -1.93. The molecule has 0 radical (unpaired) electrons. The molecule has 0 unspecified atom stereocenters. The molecule has 2 rings (SSSR count). The highest BCUT2D eigenvalue weighted by Crippen LogP contribution is 2.31. The Labute approximate surface area is 105 Å². The molecule has 1 aromatic rings. The van der Waals surface area contributed by atoms with Gasteiger partial charge < -0.3 is 0 Å². The lowest BCUT2D eigenvalue weighted by Gasteiger charge is -2.09. The molecule has 0 spiro atoms. The van der Waals surface area contributed by atoms with Crippen LogP contribution in [0.25, 0.3) is 0 Å². The summed E-state index contributed by atoms with van der Waals surface area (Å²) in [6.45, 7) is 6.86. The minimum Gasteiger partial charge on any atom is -0.0630 e. The maximum Gasteiger partial charge on any atom is -0.00607 e. The molecule has 0 aromatic heterocycles. The number of rotatable bonds is 4. The van der Waals surface area contributed by atoms with Crippen LogP contribution in [-0.4, -0.2) is 0 Å². The van der Waals surface area contributed by atoms with Gasteiger partial charge in [-0.15, -0.1) is 0 Å². The minimum absolute atomic E-state index is 0.768. The largest absolute Gasteiger partial charge is 0.0630 e. The molecular weight excluding hydrogens is 204 g/mol. The van der Waals surface area contributed by atoms with Crippen LogP contribution in [0, 0.1) is 5.92 Å². The maximum absolute atomic E-state index is 2.39. The summed E-state index contributed by atoms with van der Waals surface area (Å²) >= 11 is 0. The molecule has 0 amide bonds. The van der Waals surface area contributed by atoms with E-state index in [2.05, 4.69) is 57.2 Å². The first-order valence-electron chi connectivity index (χ1n) is 6.57. The van der Waals surface area contributed by atoms with E-state index in [1.165, 1.54) is 24.0 Å². The Morgan fingerprint density at radius 3 is 2.47 bits per heavy atom. The summed E-state index contributed by atoms with van der Waals surface area (Å²) in [7, 11) is 0. The third kappa shape index (κ3) is 3.33. The molecule has 0 heteroatoms. The van der Waals surface area contributed by atoms with E-state index in [0.29, 0.717) is 0 Å². The van der Waals surface area contributed by atoms with Crippen molar-refractivity contribution in [2.45, 2.75) is 40.0 Å². The van der Waals surface area contributed by atoms with Gasteiger partial charge in [0.15, 0.2) is 0 Å². The smallest absolute Gasteiger partial charge is 0.00607 e. The fraction of sp³-hybridized carbons (Fsp3) is 0.412. The lowest BCUT2D eigenvalue weighted by atomic mass is 9.97. The predicted molar refractivity (Wildman–Crippen MR) is 75.0 cm³/mol. The molecule has 0 atom stereocenters. The highest BCUT2D eigenvalue weighted by atomic mass is 14.2. The van der Waals surface area contributed by atoms with E-state index in [1.807, 2.05) is 0 Å². The van der Waals surface area contributed by atoms with Crippen LogP contribution in [0.1, 0.15) is 39.2 Å². The van der Waals surface area contributed by atoms with Gasteiger partial charge in [-0.3, -0.25) is 0 Å². The van der Waals surface area contributed by atoms with E-state index in [4.69, 9.17) is 0 Å². The van der Waals surface area contributed by atoms with Crippen LogP contribution >= 0.6 is 0 Å². The summed E-state index contributed by atoms with van der Waals surface area (Å²) in [6.07, 6.45) is 5.95. The fourth-order valence-electron chi connectivity index (χ4n) is 2.57. The Kier molecular flexibility index (Phi) is 3.83. The van der Waals surface area contributed by atoms with Gasteiger partial charge in [-0.25, -0.2) is 0 Å². The Balaban J connectivity index is 1.98. The highest BCUT2D eigenvalue weighted by Gasteiger charge is 2.14. The van der Waals surface area contributed by atoms with Gasteiger partial charge in [0.05, 0.1) is 0 Å². The zero-order valence-electron chi connectivity index (χ0n) is 11.2. The Hall–Kier alpha value is -1.30. The summed E-state index contributed by atoms with van der Waals surface area (Å²) in [4.78, 5) is 0. The van der Waals surface area contributed by atoms with Crippen LogP contribution < -0.4 is 0 Å². The van der Waals surface area contributed by atoms with Crippen LogP contribution in [0.3, 0.4) is 0 Å². The summed E-state index contributed by atoms with van der Waals surface area (Å²) in [5, 5.41) is 0. The van der Waals surface area contributed by atoms with E-state index >= 15 is 0 Å². The van der Waals surface area contributed by atoms with Crippen LogP contribution in [-0.2, 0) is 6.42 Å². The molecule has 17 heavy (non-hydrogen) atoms. The molecule has 0 N–H and O–H groups in total. The molecule has 0 saturated carbocycles. The van der Waals surface area contributed by atoms with E-state index in [-0.39, 0.29) is 0 Å². The standard InChI is InChI=1S/C17H22/c1-13(2)9-17-12-16(10-14(17)3)11-15-7-5-4-6-8-15/h4-8,10,13H,9,11-12H2,1-3H3. The molecule has 1 aromatic carbocycles. The second kappa shape index (κ2) is 5.35. The van der Waals surface area contributed by atoms with Crippen molar-refractivity contribution in [1.29, 1.82) is 0 Å². The normalized spacial score (nSPS) is 15.6. The SMILES string of the molecule is CC1=C(CC(C)C)CC(Cc2ccccc2)=C1. The Morgan fingerprint density at radius 1 is 1.12 bits per heavy atom. The quantitative estimate of drug-likeness (QED) is 0.683. The third-order valence-electron chi connectivity index (χ3n) is 3.35. The highest BCUT2D eigenvalue weighted by molar-refractivity contribution is 5.40. The van der Waals surface area contributed by atoms with Crippen molar-refractivity contribution >= 4 is 0 Å².